The van der Waals surface area contributed by atoms with E-state index in [4.69, 9.17) is 10.5 Å². The van der Waals surface area contributed by atoms with Gasteiger partial charge >= 0.3 is 5.97 Å². The van der Waals surface area contributed by atoms with Crippen LogP contribution < -0.4 is 11.1 Å². The van der Waals surface area contributed by atoms with Crippen LogP contribution in [0, 0.1) is 0 Å². The average molecular weight is 333 g/mol. The maximum atomic E-state index is 12.3. The Bertz CT molecular complexity index is 589. The number of carbonyl (C=O) groups excluding carboxylic acids is 3. The summed E-state index contributed by atoms with van der Waals surface area (Å²) in [6.07, 6.45) is 1.30. The summed E-state index contributed by atoms with van der Waals surface area (Å²) in [6.45, 7) is 2.04. The second-order valence-electron chi connectivity index (χ2n) is 5.84. The number of hydrogen-bond acceptors (Lipinski definition) is 5. The van der Waals surface area contributed by atoms with Gasteiger partial charge in [-0.25, -0.2) is 4.79 Å². The van der Waals surface area contributed by atoms with E-state index in [-0.39, 0.29) is 19.1 Å². The fourth-order valence-corrected chi connectivity index (χ4v) is 2.56. The van der Waals surface area contributed by atoms with Gasteiger partial charge in [-0.2, -0.15) is 0 Å². The smallest absolute Gasteiger partial charge is 0.329 e. The molecule has 2 amide bonds. The zero-order chi connectivity index (χ0) is 17.5. The number of ether oxygens (including phenoxy) is 1. The minimum Gasteiger partial charge on any atom is -0.459 e. The Morgan fingerprint density at radius 1 is 1.33 bits per heavy atom. The maximum Gasteiger partial charge on any atom is 0.329 e. The second kappa shape index (κ2) is 8.44. The summed E-state index contributed by atoms with van der Waals surface area (Å²) in [5, 5.41) is 2.47. The molecular weight excluding hydrogens is 310 g/mol. The number of rotatable bonds is 6. The molecule has 1 aliphatic heterocycles. The Labute approximate surface area is 141 Å². The number of carbonyl (C=O) groups is 3. The van der Waals surface area contributed by atoms with Crippen molar-refractivity contribution in [1.82, 2.24) is 10.2 Å². The van der Waals surface area contributed by atoms with Crippen molar-refractivity contribution in [3.8, 4) is 0 Å². The van der Waals surface area contributed by atoms with Gasteiger partial charge in [0.1, 0.15) is 12.6 Å². The highest BCUT2D eigenvalue weighted by atomic mass is 16.5. The molecule has 0 spiro atoms. The topological polar surface area (TPSA) is 102 Å². The van der Waals surface area contributed by atoms with Crippen LogP contribution in [0.5, 0.6) is 0 Å². The summed E-state index contributed by atoms with van der Waals surface area (Å²) in [4.78, 5) is 37.4. The maximum absolute atomic E-state index is 12.3. The average Bonchev–Trinajstić information content (AvgIpc) is 3.08. The van der Waals surface area contributed by atoms with Crippen molar-refractivity contribution in [2.24, 2.45) is 5.73 Å². The molecule has 7 heteroatoms. The normalized spacial score (nSPS) is 18.1. The number of nitrogens with one attached hydrogen (secondary N) is 1. The lowest BCUT2D eigenvalue weighted by atomic mass is 10.2. The molecule has 0 bridgehead atoms. The van der Waals surface area contributed by atoms with Crippen molar-refractivity contribution < 1.29 is 19.1 Å². The molecule has 130 valence electrons. The van der Waals surface area contributed by atoms with E-state index in [1.807, 2.05) is 30.3 Å². The van der Waals surface area contributed by atoms with Crippen LogP contribution >= 0.6 is 0 Å². The number of benzene rings is 1. The predicted octanol–water partition coefficient (Wildman–Crippen LogP) is 0.184. The number of amides is 2. The predicted molar refractivity (Wildman–Crippen MR) is 87.6 cm³/mol. The Morgan fingerprint density at radius 2 is 2.04 bits per heavy atom. The molecule has 1 aliphatic rings. The fourth-order valence-electron chi connectivity index (χ4n) is 2.56. The van der Waals surface area contributed by atoms with E-state index >= 15 is 0 Å². The molecule has 1 fully saturated rings. The van der Waals surface area contributed by atoms with Gasteiger partial charge in [0, 0.05) is 6.54 Å². The van der Waals surface area contributed by atoms with Crippen LogP contribution in [0.2, 0.25) is 0 Å². The molecular formula is C17H23N3O4. The molecule has 1 saturated heterocycles. The molecule has 1 aromatic carbocycles. The molecule has 7 nitrogen and oxygen atoms in total. The first-order valence-electron chi connectivity index (χ1n) is 8.02. The number of nitrogens with two attached hydrogens (primary N) is 1. The zero-order valence-corrected chi connectivity index (χ0v) is 13.7. The van der Waals surface area contributed by atoms with Crippen LogP contribution in [0.4, 0.5) is 0 Å². The second-order valence-corrected chi connectivity index (χ2v) is 5.84. The molecule has 1 aromatic rings. The van der Waals surface area contributed by atoms with Gasteiger partial charge in [-0.1, -0.05) is 30.3 Å². The van der Waals surface area contributed by atoms with Gasteiger partial charge in [0.05, 0.1) is 12.6 Å². The van der Waals surface area contributed by atoms with Crippen molar-refractivity contribution in [2.45, 2.75) is 38.5 Å². The van der Waals surface area contributed by atoms with Crippen molar-refractivity contribution in [2.75, 3.05) is 13.1 Å². The van der Waals surface area contributed by atoms with E-state index < -0.39 is 24.0 Å². The largest absolute Gasteiger partial charge is 0.459 e. The lowest BCUT2D eigenvalue weighted by Crippen LogP contribution is -2.48. The zero-order valence-electron chi connectivity index (χ0n) is 13.7. The summed E-state index contributed by atoms with van der Waals surface area (Å²) >= 11 is 0. The molecule has 1 heterocycles. The number of hydrogen-bond donors (Lipinski definition) is 2. The summed E-state index contributed by atoms with van der Waals surface area (Å²) in [5.74, 6) is -1.11. The molecule has 24 heavy (non-hydrogen) atoms. The molecule has 0 aliphatic carbocycles. The van der Waals surface area contributed by atoms with Gasteiger partial charge in [-0.05, 0) is 25.3 Å². The van der Waals surface area contributed by atoms with Gasteiger partial charge < -0.3 is 20.7 Å². The molecule has 0 unspecified atom stereocenters. The van der Waals surface area contributed by atoms with Gasteiger partial charge in [0.2, 0.25) is 11.8 Å². The summed E-state index contributed by atoms with van der Waals surface area (Å²) in [6, 6.07) is 8.10. The van der Waals surface area contributed by atoms with Crippen molar-refractivity contribution in [3.63, 3.8) is 0 Å². The van der Waals surface area contributed by atoms with Gasteiger partial charge in [-0.3, -0.25) is 9.59 Å². The number of nitrogens with zero attached hydrogens (tertiary/aromatic N) is 1. The summed E-state index contributed by atoms with van der Waals surface area (Å²) < 4.78 is 5.32. The van der Waals surface area contributed by atoms with Crippen LogP contribution in [-0.2, 0) is 25.7 Å². The molecule has 0 saturated carbocycles. The minimum absolute atomic E-state index is 0.164. The molecule has 0 radical (unpaired) electrons. The van der Waals surface area contributed by atoms with E-state index in [0.717, 1.165) is 12.0 Å². The Hall–Kier alpha value is -2.41. The van der Waals surface area contributed by atoms with Crippen LogP contribution in [0.15, 0.2) is 30.3 Å². The van der Waals surface area contributed by atoms with E-state index in [2.05, 4.69) is 5.32 Å². The lowest BCUT2D eigenvalue weighted by molar-refractivity contribution is -0.154. The fraction of sp³-hybridized carbons (Fsp3) is 0.471. The minimum atomic E-state index is -0.678. The van der Waals surface area contributed by atoms with Gasteiger partial charge in [0.15, 0.2) is 0 Å². The first-order chi connectivity index (χ1) is 11.5. The SMILES string of the molecule is C[C@H](N)C(=O)NCC(=O)N1CCC[C@H]1C(=O)OCc1ccccc1. The number of esters is 1. The van der Waals surface area contributed by atoms with E-state index in [0.29, 0.717) is 13.0 Å². The third kappa shape index (κ3) is 4.79. The molecule has 0 aromatic heterocycles. The standard InChI is InChI=1S/C17H23N3O4/c1-12(18)16(22)19-10-15(21)20-9-5-8-14(20)17(23)24-11-13-6-3-2-4-7-13/h2-4,6-7,12,14H,5,8-11,18H2,1H3,(H,19,22)/t12-,14-/m0/s1. The lowest BCUT2D eigenvalue weighted by Gasteiger charge is -2.23. The highest BCUT2D eigenvalue weighted by Gasteiger charge is 2.35. The van der Waals surface area contributed by atoms with Crippen molar-refractivity contribution >= 4 is 17.8 Å². The number of likely N-dealkylation sites (tertiary alicyclic amines) is 1. The van der Waals surface area contributed by atoms with E-state index in [1.54, 1.807) is 6.92 Å². The molecule has 2 atom stereocenters. The monoisotopic (exact) mass is 333 g/mol. The summed E-state index contributed by atoms with van der Waals surface area (Å²) in [7, 11) is 0. The van der Waals surface area contributed by atoms with Crippen LogP contribution in [0.1, 0.15) is 25.3 Å². The Morgan fingerprint density at radius 3 is 2.71 bits per heavy atom. The Balaban J connectivity index is 1.86. The third-order valence-electron chi connectivity index (χ3n) is 3.90. The summed E-state index contributed by atoms with van der Waals surface area (Å²) in [5.41, 5.74) is 6.33. The van der Waals surface area contributed by atoms with Gasteiger partial charge in [-0.15, -0.1) is 0 Å². The molecule has 2 rings (SSSR count). The van der Waals surface area contributed by atoms with Gasteiger partial charge in [0.25, 0.3) is 0 Å². The van der Waals surface area contributed by atoms with E-state index in [1.165, 1.54) is 4.90 Å². The molecule has 3 N–H and O–H groups in total. The van der Waals surface area contributed by atoms with Crippen LogP contribution in [0.3, 0.4) is 0 Å². The first kappa shape index (κ1) is 17.9. The Kier molecular flexibility index (Phi) is 6.31. The van der Waals surface area contributed by atoms with Crippen molar-refractivity contribution in [1.29, 1.82) is 0 Å². The third-order valence-corrected chi connectivity index (χ3v) is 3.90. The highest BCUT2D eigenvalue weighted by molar-refractivity contribution is 5.90. The first-order valence-corrected chi connectivity index (χ1v) is 8.02. The quantitative estimate of drug-likeness (QED) is 0.723. The highest BCUT2D eigenvalue weighted by Crippen LogP contribution is 2.19. The van der Waals surface area contributed by atoms with Crippen molar-refractivity contribution in [3.05, 3.63) is 35.9 Å². The van der Waals surface area contributed by atoms with Crippen LogP contribution in [0.25, 0.3) is 0 Å². The van der Waals surface area contributed by atoms with E-state index in [9.17, 15) is 14.4 Å². The van der Waals surface area contributed by atoms with Crippen LogP contribution in [-0.4, -0.2) is 47.9 Å².